The molecule has 0 saturated heterocycles. The number of hydrazone groups is 1. The Kier molecular flexibility index (Phi) is 7.41. The number of hydrogen-bond acceptors (Lipinski definition) is 6. The van der Waals surface area contributed by atoms with Gasteiger partial charge in [-0.1, -0.05) is 28.1 Å². The van der Waals surface area contributed by atoms with Gasteiger partial charge in [0.25, 0.3) is 5.91 Å². The first-order valence-corrected chi connectivity index (χ1v) is 10.7. The van der Waals surface area contributed by atoms with Crippen LogP contribution in [-0.4, -0.2) is 47.6 Å². The smallest absolute Gasteiger partial charge is 0.260 e. The average molecular weight is 470 g/mol. The van der Waals surface area contributed by atoms with Crippen molar-refractivity contribution in [3.63, 3.8) is 0 Å². The largest absolute Gasteiger partial charge is 0.497 e. The number of nitrogens with one attached hydrogen (secondary N) is 1. The fraction of sp³-hybridized carbons (Fsp3) is 0.222. The third-order valence-corrected chi connectivity index (χ3v) is 5.21. The van der Waals surface area contributed by atoms with E-state index in [1.165, 1.54) is 26.5 Å². The standard InChI is InChI=1S/C18H20BrN3O5S/c1-26-15-7-8-17(27-2)16(10-15)22(28(3,24)25)12-18(23)21-20-11-13-5-4-6-14(19)9-13/h4-11H,12H2,1-3H3,(H,21,23)/b20-11-. The van der Waals surface area contributed by atoms with Crippen LogP contribution in [0.25, 0.3) is 0 Å². The summed E-state index contributed by atoms with van der Waals surface area (Å²) in [4.78, 5) is 12.3. The van der Waals surface area contributed by atoms with Crippen molar-refractivity contribution in [3.8, 4) is 11.5 Å². The molecule has 0 unspecified atom stereocenters. The maximum Gasteiger partial charge on any atom is 0.260 e. The summed E-state index contributed by atoms with van der Waals surface area (Å²) in [5.41, 5.74) is 3.28. The lowest BCUT2D eigenvalue weighted by Crippen LogP contribution is -2.39. The van der Waals surface area contributed by atoms with Gasteiger partial charge in [-0.2, -0.15) is 5.10 Å². The van der Waals surface area contributed by atoms with Gasteiger partial charge in [-0.25, -0.2) is 13.8 Å². The van der Waals surface area contributed by atoms with Crippen LogP contribution >= 0.6 is 15.9 Å². The van der Waals surface area contributed by atoms with Crippen molar-refractivity contribution >= 4 is 43.8 Å². The van der Waals surface area contributed by atoms with E-state index in [0.29, 0.717) is 5.75 Å². The van der Waals surface area contributed by atoms with Crippen LogP contribution in [0, 0.1) is 0 Å². The number of hydrogen-bond donors (Lipinski definition) is 1. The molecule has 0 saturated carbocycles. The zero-order valence-electron chi connectivity index (χ0n) is 15.5. The van der Waals surface area contributed by atoms with Crippen LogP contribution in [0.2, 0.25) is 0 Å². The van der Waals surface area contributed by atoms with E-state index in [1.807, 2.05) is 24.3 Å². The van der Waals surface area contributed by atoms with Crippen LogP contribution < -0.4 is 19.2 Å². The number of benzene rings is 2. The van der Waals surface area contributed by atoms with E-state index in [-0.39, 0.29) is 11.4 Å². The highest BCUT2D eigenvalue weighted by atomic mass is 79.9. The molecule has 1 N–H and O–H groups in total. The third-order valence-electron chi connectivity index (χ3n) is 3.59. The lowest BCUT2D eigenvalue weighted by Gasteiger charge is -2.23. The number of halogens is 1. The van der Waals surface area contributed by atoms with Gasteiger partial charge < -0.3 is 9.47 Å². The van der Waals surface area contributed by atoms with Crippen molar-refractivity contribution in [2.24, 2.45) is 5.10 Å². The van der Waals surface area contributed by atoms with E-state index in [2.05, 4.69) is 26.5 Å². The molecule has 0 bridgehead atoms. The Bertz CT molecular complexity index is 979. The molecule has 0 radical (unpaired) electrons. The fourth-order valence-electron chi connectivity index (χ4n) is 2.30. The van der Waals surface area contributed by atoms with Gasteiger partial charge in [0.05, 0.1) is 32.4 Å². The Labute approximate surface area is 172 Å². The van der Waals surface area contributed by atoms with Gasteiger partial charge in [0.2, 0.25) is 10.0 Å². The summed E-state index contributed by atoms with van der Waals surface area (Å²) in [6.07, 6.45) is 2.46. The molecule has 0 heterocycles. The van der Waals surface area contributed by atoms with Crippen molar-refractivity contribution in [3.05, 3.63) is 52.5 Å². The van der Waals surface area contributed by atoms with Crippen molar-refractivity contribution in [1.82, 2.24) is 5.43 Å². The Morgan fingerprint density at radius 3 is 2.57 bits per heavy atom. The number of methoxy groups -OCH3 is 2. The molecular weight excluding hydrogens is 450 g/mol. The van der Waals surface area contributed by atoms with Gasteiger partial charge in [0, 0.05) is 10.5 Å². The van der Waals surface area contributed by atoms with E-state index >= 15 is 0 Å². The van der Waals surface area contributed by atoms with Crippen LogP contribution in [-0.2, 0) is 14.8 Å². The number of sulfonamides is 1. The van der Waals surface area contributed by atoms with Gasteiger partial charge in [0.1, 0.15) is 18.0 Å². The molecule has 0 aliphatic heterocycles. The minimum Gasteiger partial charge on any atom is -0.497 e. The van der Waals surface area contributed by atoms with Gasteiger partial charge in [-0.3, -0.25) is 9.10 Å². The molecule has 150 valence electrons. The summed E-state index contributed by atoms with van der Waals surface area (Å²) in [5.74, 6) is 0.107. The van der Waals surface area contributed by atoms with Gasteiger partial charge in [-0.15, -0.1) is 0 Å². The second-order valence-electron chi connectivity index (χ2n) is 5.66. The van der Waals surface area contributed by atoms with E-state index < -0.39 is 22.5 Å². The monoisotopic (exact) mass is 469 g/mol. The maximum atomic E-state index is 12.3. The zero-order chi connectivity index (χ0) is 20.7. The first kappa shape index (κ1) is 21.7. The predicted octanol–water partition coefficient (Wildman–Crippen LogP) is 2.38. The molecule has 10 heteroatoms. The van der Waals surface area contributed by atoms with E-state index in [9.17, 15) is 13.2 Å². The molecule has 0 spiro atoms. The number of rotatable bonds is 8. The summed E-state index contributed by atoms with van der Waals surface area (Å²) in [6.45, 7) is -0.474. The molecule has 2 aromatic rings. The second kappa shape index (κ2) is 9.56. The SMILES string of the molecule is COc1ccc(OC)c(N(CC(=O)N/N=C\c2cccc(Br)c2)S(C)(=O)=O)c1. The van der Waals surface area contributed by atoms with Gasteiger partial charge in [0.15, 0.2) is 0 Å². The number of carbonyl (C=O) groups is 1. The van der Waals surface area contributed by atoms with Crippen molar-refractivity contribution < 1.29 is 22.7 Å². The van der Waals surface area contributed by atoms with E-state index in [1.54, 1.807) is 12.1 Å². The molecule has 0 aliphatic carbocycles. The summed E-state index contributed by atoms with van der Waals surface area (Å²) in [6, 6.07) is 12.0. The first-order valence-electron chi connectivity index (χ1n) is 8.02. The molecule has 8 nitrogen and oxygen atoms in total. The Morgan fingerprint density at radius 2 is 1.96 bits per heavy atom. The number of ether oxygens (including phenoxy) is 2. The van der Waals surface area contributed by atoms with Crippen LogP contribution in [0.15, 0.2) is 52.0 Å². The highest BCUT2D eigenvalue weighted by molar-refractivity contribution is 9.10. The van der Waals surface area contributed by atoms with Crippen LogP contribution in [0.3, 0.4) is 0 Å². The number of amides is 1. The summed E-state index contributed by atoms with van der Waals surface area (Å²) in [7, 11) is -0.906. The third kappa shape index (κ3) is 5.96. The maximum absolute atomic E-state index is 12.3. The molecule has 0 atom stereocenters. The molecule has 2 aromatic carbocycles. The molecule has 2 rings (SSSR count). The number of carbonyl (C=O) groups excluding carboxylic acids is 1. The zero-order valence-corrected chi connectivity index (χ0v) is 18.0. The van der Waals surface area contributed by atoms with E-state index in [0.717, 1.165) is 20.6 Å². The molecule has 1 amide bonds. The number of nitrogens with zero attached hydrogens (tertiary/aromatic N) is 2. The first-order chi connectivity index (χ1) is 13.2. The minimum atomic E-state index is -3.77. The fourth-order valence-corrected chi connectivity index (χ4v) is 3.57. The van der Waals surface area contributed by atoms with Crippen LogP contribution in [0.1, 0.15) is 5.56 Å². The average Bonchev–Trinajstić information content (AvgIpc) is 2.64. The van der Waals surface area contributed by atoms with Crippen molar-refractivity contribution in [2.75, 3.05) is 31.3 Å². The van der Waals surface area contributed by atoms with Crippen molar-refractivity contribution in [1.29, 1.82) is 0 Å². The Hall–Kier alpha value is -2.59. The van der Waals surface area contributed by atoms with Gasteiger partial charge in [-0.05, 0) is 29.8 Å². The quantitative estimate of drug-likeness (QED) is 0.472. The topological polar surface area (TPSA) is 97.3 Å². The van der Waals surface area contributed by atoms with Crippen LogP contribution in [0.4, 0.5) is 5.69 Å². The Balaban J connectivity index is 2.20. The van der Waals surface area contributed by atoms with Crippen LogP contribution in [0.5, 0.6) is 11.5 Å². The highest BCUT2D eigenvalue weighted by Crippen LogP contribution is 2.33. The second-order valence-corrected chi connectivity index (χ2v) is 8.48. The lowest BCUT2D eigenvalue weighted by molar-refractivity contribution is -0.119. The normalized spacial score (nSPS) is 11.3. The molecule has 0 fully saturated rings. The van der Waals surface area contributed by atoms with Crippen molar-refractivity contribution in [2.45, 2.75) is 0 Å². The van der Waals surface area contributed by atoms with Gasteiger partial charge >= 0.3 is 0 Å². The number of anilines is 1. The lowest BCUT2D eigenvalue weighted by atomic mass is 10.2. The Morgan fingerprint density at radius 1 is 1.21 bits per heavy atom. The molecule has 0 aliphatic rings. The van der Waals surface area contributed by atoms with E-state index in [4.69, 9.17) is 9.47 Å². The highest BCUT2D eigenvalue weighted by Gasteiger charge is 2.24. The predicted molar refractivity (Wildman–Crippen MR) is 112 cm³/mol. The molecular formula is C18H20BrN3O5S. The summed E-state index contributed by atoms with van der Waals surface area (Å²) >= 11 is 3.34. The summed E-state index contributed by atoms with van der Waals surface area (Å²) in [5, 5.41) is 3.86. The minimum absolute atomic E-state index is 0.190. The molecule has 0 aromatic heterocycles. The molecule has 28 heavy (non-hydrogen) atoms. The summed E-state index contributed by atoms with van der Waals surface area (Å²) < 4.78 is 36.7.